The van der Waals surface area contributed by atoms with E-state index >= 15 is 0 Å². The molecular formula is C32H72Cl2N2. The summed E-state index contributed by atoms with van der Waals surface area (Å²) in [6.07, 6.45) is 34.8. The van der Waals surface area contributed by atoms with E-state index in [1.165, 1.54) is 185 Å². The molecule has 2 nitrogen and oxygen atoms in total. The molecule has 4 heteroatoms. The van der Waals surface area contributed by atoms with Gasteiger partial charge in [-0.1, -0.05) is 130 Å². The molecular weight excluding hydrogens is 483 g/mol. The highest BCUT2D eigenvalue weighted by Crippen LogP contribution is 2.20. The van der Waals surface area contributed by atoms with Crippen LogP contribution in [0, 0.1) is 0 Å². The van der Waals surface area contributed by atoms with E-state index in [1.54, 1.807) is 0 Å². The van der Waals surface area contributed by atoms with Crippen molar-refractivity contribution in [2.24, 2.45) is 0 Å². The van der Waals surface area contributed by atoms with Gasteiger partial charge in [0.25, 0.3) is 0 Å². The van der Waals surface area contributed by atoms with E-state index in [4.69, 9.17) is 0 Å². The van der Waals surface area contributed by atoms with Crippen LogP contribution in [0.3, 0.4) is 0 Å². The van der Waals surface area contributed by atoms with Crippen LogP contribution in [0.4, 0.5) is 0 Å². The van der Waals surface area contributed by atoms with Gasteiger partial charge >= 0.3 is 0 Å². The van der Waals surface area contributed by atoms with E-state index in [-0.39, 0.29) is 31.0 Å². The molecule has 0 heterocycles. The number of halogens is 2. The van der Waals surface area contributed by atoms with Crippen LogP contribution >= 0.6 is 0 Å². The Morgan fingerprint density at radius 2 is 0.444 bits per heavy atom. The third-order valence-electron chi connectivity index (χ3n) is 7.94. The molecule has 0 aromatic carbocycles. The fourth-order valence-electron chi connectivity index (χ4n) is 5.58. The normalized spacial score (nSPS) is 11.0. The maximum atomic E-state index is 2.34. The lowest BCUT2D eigenvalue weighted by atomic mass is 10.0. The molecule has 0 amide bonds. The van der Waals surface area contributed by atoms with Crippen molar-refractivity contribution in [3.05, 3.63) is 0 Å². The van der Waals surface area contributed by atoms with Crippen molar-refractivity contribution in [3.8, 4) is 0 Å². The number of hydrogen-bond acceptors (Lipinski definition) is 0. The van der Waals surface area contributed by atoms with E-state index in [9.17, 15) is 0 Å². The van der Waals surface area contributed by atoms with Gasteiger partial charge in [-0.3, -0.25) is 0 Å². The minimum atomic E-state index is 0. The Kier molecular flexibility index (Phi) is 42.9. The van der Waals surface area contributed by atoms with Crippen LogP contribution in [0.2, 0.25) is 0 Å². The average molecular weight is 556 g/mol. The molecule has 224 valence electrons. The number of hydrogen-bond donors (Lipinski definition) is 1. The largest absolute Gasteiger partial charge is 1.00 e. The molecule has 0 aliphatic heterocycles. The molecule has 0 bridgehead atoms. The Labute approximate surface area is 242 Å². The Morgan fingerprint density at radius 3 is 0.639 bits per heavy atom. The summed E-state index contributed by atoms with van der Waals surface area (Å²) in [5, 5.41) is 0. The second-order valence-corrected chi connectivity index (χ2v) is 11.3. The summed E-state index contributed by atoms with van der Waals surface area (Å²) in [4.78, 5) is 0. The highest BCUT2D eigenvalue weighted by molar-refractivity contribution is 4.55. The Hall–Kier alpha value is 0.500. The lowest BCUT2D eigenvalue weighted by molar-refractivity contribution is -0.929. The highest BCUT2D eigenvalue weighted by atomic mass is 35.5. The van der Waals surface area contributed by atoms with E-state index in [1.807, 2.05) is 0 Å². The van der Waals surface area contributed by atoms with Gasteiger partial charge in [-0.25, -0.2) is 0 Å². The quantitative estimate of drug-likeness (QED) is 0.0960. The fourth-order valence-corrected chi connectivity index (χ4v) is 5.58. The number of unbranched alkanes of at least 4 members (excludes halogenated alkanes) is 20. The molecule has 0 aromatic rings. The highest BCUT2D eigenvalue weighted by Gasteiger charge is 2.25. The van der Waals surface area contributed by atoms with Crippen molar-refractivity contribution in [3.63, 3.8) is 0 Å². The summed E-state index contributed by atoms with van der Waals surface area (Å²) >= 11 is 0. The minimum Gasteiger partial charge on any atom is -1.00 e. The summed E-state index contributed by atoms with van der Waals surface area (Å²) in [6.45, 7) is 15.3. The molecule has 36 heavy (non-hydrogen) atoms. The van der Waals surface area contributed by atoms with Crippen molar-refractivity contribution in [2.75, 3.05) is 26.2 Å². The maximum absolute atomic E-state index is 2.34. The molecule has 0 fully saturated rings. The van der Waals surface area contributed by atoms with Crippen LogP contribution in [0.1, 0.15) is 182 Å². The zero-order valence-corrected chi connectivity index (χ0v) is 27.5. The summed E-state index contributed by atoms with van der Waals surface area (Å²) < 4.78 is 1.48. The first-order chi connectivity index (χ1) is 16.2. The number of rotatable bonds is 28. The molecule has 0 saturated heterocycles. The molecule has 4 N–H and O–H groups in total. The van der Waals surface area contributed by atoms with Gasteiger partial charge in [0.15, 0.2) is 0 Å². The average Bonchev–Trinajstić information content (AvgIpc) is 2.83. The van der Waals surface area contributed by atoms with Gasteiger partial charge in [-0.15, -0.1) is 0 Å². The maximum Gasteiger partial charge on any atom is 0.0786 e. The number of nitrogens with zero attached hydrogens (tertiary/aromatic N) is 1. The molecule has 0 saturated carbocycles. The molecule has 0 aliphatic rings. The predicted octanol–water partition coefficient (Wildman–Crippen LogP) is 5.63. The van der Waals surface area contributed by atoms with Gasteiger partial charge in [0.1, 0.15) is 0 Å². The van der Waals surface area contributed by atoms with Crippen molar-refractivity contribution < 1.29 is 29.3 Å². The molecule has 0 unspecified atom stereocenters. The van der Waals surface area contributed by atoms with Crippen LogP contribution in [0.5, 0.6) is 0 Å². The first kappa shape index (κ1) is 43.5. The number of quaternary nitrogens is 2. The third-order valence-corrected chi connectivity index (χ3v) is 7.94. The molecule has 0 aliphatic carbocycles. The van der Waals surface area contributed by atoms with Crippen molar-refractivity contribution in [1.82, 2.24) is 6.15 Å². The second kappa shape index (κ2) is 35.5. The molecule has 0 atom stereocenters. The van der Waals surface area contributed by atoms with E-state index in [0.29, 0.717) is 0 Å². The first-order valence-corrected chi connectivity index (χ1v) is 16.1. The Bertz CT molecular complexity index is 297. The Morgan fingerprint density at radius 1 is 0.278 bits per heavy atom. The molecule has 0 aromatic heterocycles. The van der Waals surface area contributed by atoms with E-state index in [2.05, 4.69) is 27.7 Å². The van der Waals surface area contributed by atoms with Crippen LogP contribution in [-0.4, -0.2) is 30.7 Å². The van der Waals surface area contributed by atoms with Crippen LogP contribution in [-0.2, 0) is 0 Å². The lowest BCUT2D eigenvalue weighted by Gasteiger charge is -2.40. The van der Waals surface area contributed by atoms with Crippen molar-refractivity contribution in [1.29, 1.82) is 0 Å². The third kappa shape index (κ3) is 29.1. The lowest BCUT2D eigenvalue weighted by Crippen LogP contribution is -3.00. The zero-order chi connectivity index (χ0) is 24.3. The van der Waals surface area contributed by atoms with Gasteiger partial charge in [0.2, 0.25) is 0 Å². The van der Waals surface area contributed by atoms with Crippen LogP contribution in [0.15, 0.2) is 0 Å². The van der Waals surface area contributed by atoms with Gasteiger partial charge < -0.3 is 35.4 Å². The smallest absolute Gasteiger partial charge is 0.0786 e. The summed E-state index contributed by atoms with van der Waals surface area (Å²) in [6, 6.07) is 0. The van der Waals surface area contributed by atoms with Gasteiger partial charge in [0, 0.05) is 0 Å². The van der Waals surface area contributed by atoms with Gasteiger partial charge in [0.05, 0.1) is 26.2 Å². The summed E-state index contributed by atoms with van der Waals surface area (Å²) in [7, 11) is 0. The van der Waals surface area contributed by atoms with Crippen molar-refractivity contribution >= 4 is 0 Å². The van der Waals surface area contributed by atoms with Gasteiger partial charge in [-0.2, -0.15) is 0 Å². The van der Waals surface area contributed by atoms with Crippen LogP contribution < -0.4 is 31.0 Å². The Balaban J connectivity index is -0.00000171. The summed E-state index contributed by atoms with van der Waals surface area (Å²) in [5.41, 5.74) is 0. The summed E-state index contributed by atoms with van der Waals surface area (Å²) in [5.74, 6) is 0. The minimum absolute atomic E-state index is 0. The molecule has 0 spiro atoms. The van der Waals surface area contributed by atoms with Gasteiger partial charge in [-0.05, 0) is 51.4 Å². The standard InChI is InChI=1S/C32H68N.2ClH.H3N/c1-5-9-13-17-21-25-29-33(30-26-22-18-14-10-6-2,31-27-23-19-15-11-7-3)32-28-24-20-16-12-8-4;;;/h5-32H2,1-4H3;2*1H;1H3/q+1;;;/p-1. The van der Waals surface area contributed by atoms with Crippen molar-refractivity contribution in [2.45, 2.75) is 182 Å². The molecule has 0 radical (unpaired) electrons. The topological polar surface area (TPSA) is 36.5 Å². The zero-order valence-electron chi connectivity index (χ0n) is 26.0. The van der Waals surface area contributed by atoms with Crippen LogP contribution in [0.25, 0.3) is 0 Å². The van der Waals surface area contributed by atoms with E-state index in [0.717, 1.165) is 0 Å². The van der Waals surface area contributed by atoms with E-state index < -0.39 is 0 Å². The monoisotopic (exact) mass is 555 g/mol. The molecule has 0 rings (SSSR count). The second-order valence-electron chi connectivity index (χ2n) is 11.3. The SMILES string of the molecule is CCCCCCCC[N+](CCCCCCCC)(CCCCCCCC)CCCCCCCC.[Cl-].[Cl-].[NH4+]. The predicted molar refractivity (Wildman–Crippen MR) is 159 cm³/mol. The fraction of sp³-hybridized carbons (Fsp3) is 1.00. The first-order valence-electron chi connectivity index (χ1n) is 16.1.